The first-order chi connectivity index (χ1) is 17.4. The van der Waals surface area contributed by atoms with Gasteiger partial charge in [-0.15, -0.1) is 0 Å². The number of hydrogen-bond acceptors (Lipinski definition) is 3. The van der Waals surface area contributed by atoms with Gasteiger partial charge >= 0.3 is 12.1 Å². The van der Waals surface area contributed by atoms with Gasteiger partial charge in [-0.3, -0.25) is 4.79 Å². The van der Waals surface area contributed by atoms with Crippen LogP contribution in [0.1, 0.15) is 37.2 Å². The number of carboxylic acids is 1. The highest BCUT2D eigenvalue weighted by Gasteiger charge is 2.37. The zero-order valence-electron chi connectivity index (χ0n) is 20.1. The molecule has 9 heteroatoms. The lowest BCUT2D eigenvalue weighted by atomic mass is 9.88. The summed E-state index contributed by atoms with van der Waals surface area (Å²) in [5.74, 6) is -2.86. The van der Waals surface area contributed by atoms with Crippen molar-refractivity contribution in [1.82, 2.24) is 9.97 Å². The first-order valence-corrected chi connectivity index (χ1v) is 11.4. The molecule has 192 valence electrons. The Balaban J connectivity index is 1.59. The van der Waals surface area contributed by atoms with E-state index in [1.165, 1.54) is 6.20 Å². The molecule has 1 aromatic heterocycles. The van der Waals surface area contributed by atoms with E-state index in [-0.39, 0.29) is 30.1 Å². The number of rotatable bonds is 8. The van der Waals surface area contributed by atoms with Crippen LogP contribution in [-0.4, -0.2) is 21.0 Å². The lowest BCUT2D eigenvalue weighted by Gasteiger charge is -2.19. The number of halogens is 4. The van der Waals surface area contributed by atoms with Crippen LogP contribution in [0.3, 0.4) is 0 Å². The number of H-pyrrole nitrogens is 1. The fourth-order valence-corrected chi connectivity index (χ4v) is 3.96. The third kappa shape index (κ3) is 5.99. The summed E-state index contributed by atoms with van der Waals surface area (Å²) >= 11 is 0. The molecule has 4 rings (SSSR count). The van der Waals surface area contributed by atoms with Gasteiger partial charge in [0.15, 0.2) is 11.6 Å². The molecule has 2 N–H and O–H groups in total. The molecule has 3 aromatic carbocycles. The van der Waals surface area contributed by atoms with Crippen LogP contribution in [-0.2, 0) is 23.0 Å². The normalized spacial score (nSPS) is 11.9. The Bertz CT molecular complexity index is 1400. The topological polar surface area (TPSA) is 75.2 Å². The van der Waals surface area contributed by atoms with Crippen molar-refractivity contribution >= 4 is 5.97 Å². The molecular formula is C28H24F4N2O3. The third-order valence-electron chi connectivity index (χ3n) is 5.91. The van der Waals surface area contributed by atoms with Crippen molar-refractivity contribution in [3.8, 4) is 28.1 Å². The minimum Gasteiger partial charge on any atom is -0.485 e. The molecule has 4 aromatic rings. The van der Waals surface area contributed by atoms with Crippen molar-refractivity contribution in [2.24, 2.45) is 0 Å². The van der Waals surface area contributed by atoms with Gasteiger partial charge in [0.2, 0.25) is 0 Å². The maximum atomic E-state index is 15.0. The Hall–Kier alpha value is -4.14. The molecule has 37 heavy (non-hydrogen) atoms. The summed E-state index contributed by atoms with van der Waals surface area (Å²) in [5, 5.41) is 9.10. The molecule has 0 amide bonds. The van der Waals surface area contributed by atoms with E-state index in [0.717, 1.165) is 23.3 Å². The summed E-state index contributed by atoms with van der Waals surface area (Å²) < 4.78 is 62.0. The summed E-state index contributed by atoms with van der Waals surface area (Å²) in [4.78, 5) is 18.1. The van der Waals surface area contributed by atoms with Gasteiger partial charge in [-0.1, -0.05) is 68.4 Å². The van der Waals surface area contributed by atoms with Gasteiger partial charge in [0.05, 0.1) is 18.3 Å². The van der Waals surface area contributed by atoms with Gasteiger partial charge in [-0.2, -0.15) is 13.2 Å². The van der Waals surface area contributed by atoms with Crippen molar-refractivity contribution in [2.45, 2.75) is 38.5 Å². The highest BCUT2D eigenvalue weighted by Crippen LogP contribution is 2.41. The molecule has 0 spiro atoms. The minimum atomic E-state index is -4.88. The van der Waals surface area contributed by atoms with Crippen LogP contribution in [0.15, 0.2) is 72.9 Å². The Kier molecular flexibility index (Phi) is 7.07. The highest BCUT2D eigenvalue weighted by molar-refractivity contribution is 5.69. The number of carboxylic acid groups (broad SMARTS) is 1. The average Bonchev–Trinajstić information content (AvgIpc) is 3.34. The molecule has 1 heterocycles. The van der Waals surface area contributed by atoms with Crippen molar-refractivity contribution in [3.05, 3.63) is 95.7 Å². The number of nitrogens with zero attached hydrogens (tertiary/aromatic N) is 1. The fourth-order valence-electron chi connectivity index (χ4n) is 3.96. The van der Waals surface area contributed by atoms with E-state index in [1.807, 2.05) is 42.5 Å². The quantitative estimate of drug-likeness (QED) is 0.244. The predicted molar refractivity (Wildman–Crippen MR) is 130 cm³/mol. The van der Waals surface area contributed by atoms with Gasteiger partial charge in [0, 0.05) is 11.0 Å². The summed E-state index contributed by atoms with van der Waals surface area (Å²) in [6, 6.07) is 18.4. The van der Waals surface area contributed by atoms with Crippen LogP contribution in [0.4, 0.5) is 17.6 Å². The summed E-state index contributed by atoms with van der Waals surface area (Å²) in [6.45, 7) is 3.01. The van der Waals surface area contributed by atoms with Gasteiger partial charge in [0.1, 0.15) is 18.0 Å². The number of aromatic nitrogens is 2. The third-order valence-corrected chi connectivity index (χ3v) is 5.91. The summed E-state index contributed by atoms with van der Waals surface area (Å²) in [7, 11) is 0. The molecule has 0 aliphatic carbocycles. The number of imidazole rings is 1. The van der Waals surface area contributed by atoms with E-state index in [2.05, 4.69) is 9.97 Å². The first kappa shape index (κ1) is 25.9. The van der Waals surface area contributed by atoms with Gasteiger partial charge in [0.25, 0.3) is 0 Å². The molecule has 0 aliphatic heterocycles. The predicted octanol–water partition coefficient (Wildman–Crippen LogP) is 7.23. The number of aromatic amines is 1. The number of ether oxygens (including phenoxy) is 1. The van der Waals surface area contributed by atoms with Crippen LogP contribution < -0.4 is 4.74 Å². The molecule has 0 bridgehead atoms. The van der Waals surface area contributed by atoms with Crippen LogP contribution >= 0.6 is 0 Å². The maximum absolute atomic E-state index is 15.0. The molecule has 0 aliphatic rings. The van der Waals surface area contributed by atoms with Crippen molar-refractivity contribution in [3.63, 3.8) is 0 Å². The monoisotopic (exact) mass is 512 g/mol. The van der Waals surface area contributed by atoms with Crippen LogP contribution in [0.25, 0.3) is 22.4 Å². The zero-order valence-corrected chi connectivity index (χ0v) is 20.1. The molecule has 0 unspecified atom stereocenters. The van der Waals surface area contributed by atoms with E-state index in [1.54, 1.807) is 26.0 Å². The molecule has 0 atom stereocenters. The largest absolute Gasteiger partial charge is 0.485 e. The molecule has 0 saturated heterocycles. The number of alkyl halides is 3. The highest BCUT2D eigenvalue weighted by atomic mass is 19.4. The minimum absolute atomic E-state index is 0.0886. The standard InChI is InChI=1S/C28H24F4N2O3/c1-27(2,14-24(35)36)26-33-15-23(34-26)20-12-21(28(30,31)32)25(22(29)13-20)37-16-17-8-10-19(11-9-17)18-6-4-3-5-7-18/h3-13,15H,14,16H2,1-2H3,(H,33,34)(H,35,36). The van der Waals surface area contributed by atoms with Crippen LogP contribution in [0, 0.1) is 5.82 Å². The Morgan fingerprint density at radius 3 is 2.24 bits per heavy atom. The van der Waals surface area contributed by atoms with E-state index in [4.69, 9.17) is 9.84 Å². The lowest BCUT2D eigenvalue weighted by molar-refractivity contribution is -0.139. The van der Waals surface area contributed by atoms with Crippen molar-refractivity contribution in [2.75, 3.05) is 0 Å². The Labute approximate surface area is 210 Å². The van der Waals surface area contributed by atoms with E-state index < -0.39 is 34.7 Å². The number of hydrogen-bond donors (Lipinski definition) is 2. The molecule has 0 fully saturated rings. The van der Waals surface area contributed by atoms with Gasteiger partial charge < -0.3 is 14.8 Å². The van der Waals surface area contributed by atoms with Crippen LogP contribution in [0.2, 0.25) is 0 Å². The average molecular weight is 513 g/mol. The second kappa shape index (κ2) is 10.1. The fraction of sp³-hybridized carbons (Fsp3) is 0.214. The lowest BCUT2D eigenvalue weighted by Crippen LogP contribution is -2.23. The smallest absolute Gasteiger partial charge is 0.420 e. The van der Waals surface area contributed by atoms with E-state index in [0.29, 0.717) is 5.56 Å². The van der Waals surface area contributed by atoms with E-state index >= 15 is 0 Å². The Morgan fingerprint density at radius 1 is 0.973 bits per heavy atom. The van der Waals surface area contributed by atoms with E-state index in [9.17, 15) is 22.4 Å². The second-order valence-corrected chi connectivity index (χ2v) is 9.28. The second-order valence-electron chi connectivity index (χ2n) is 9.28. The van der Waals surface area contributed by atoms with Gasteiger partial charge in [-0.25, -0.2) is 9.37 Å². The summed E-state index contributed by atoms with van der Waals surface area (Å²) in [6.07, 6.45) is -3.88. The number of aliphatic carboxylic acids is 1. The number of benzene rings is 3. The zero-order chi connectivity index (χ0) is 26.8. The van der Waals surface area contributed by atoms with Gasteiger partial charge in [-0.05, 0) is 28.8 Å². The molecular weight excluding hydrogens is 488 g/mol. The van der Waals surface area contributed by atoms with Crippen molar-refractivity contribution in [1.29, 1.82) is 0 Å². The van der Waals surface area contributed by atoms with Crippen LogP contribution in [0.5, 0.6) is 5.75 Å². The molecule has 0 saturated carbocycles. The SMILES string of the molecule is CC(C)(CC(=O)O)c1ncc(-c2cc(F)c(OCc3ccc(-c4ccccc4)cc3)c(C(F)(F)F)c2)[nH]1. The molecule has 5 nitrogen and oxygen atoms in total. The number of carbonyl (C=O) groups is 1. The summed E-state index contributed by atoms with van der Waals surface area (Å²) in [5.41, 5.74) is 0.370. The molecule has 0 radical (unpaired) electrons. The Morgan fingerprint density at radius 2 is 1.62 bits per heavy atom. The van der Waals surface area contributed by atoms with Crippen molar-refractivity contribution < 1.29 is 32.2 Å². The first-order valence-electron chi connectivity index (χ1n) is 11.4. The number of nitrogens with one attached hydrogen (secondary N) is 1. The maximum Gasteiger partial charge on any atom is 0.420 e.